The van der Waals surface area contributed by atoms with Crippen LogP contribution >= 0.6 is 0 Å². The first-order chi connectivity index (χ1) is 13.7. The van der Waals surface area contributed by atoms with E-state index in [1.807, 2.05) is 41.4 Å². The number of pyridine rings is 1. The molecule has 2 saturated heterocycles. The summed E-state index contributed by atoms with van der Waals surface area (Å²) >= 11 is 0. The van der Waals surface area contributed by atoms with Crippen LogP contribution in [0.25, 0.3) is 11.3 Å². The summed E-state index contributed by atoms with van der Waals surface area (Å²) in [6.45, 7) is 8.54. The highest BCUT2D eigenvalue weighted by atomic mass is 16.5. The summed E-state index contributed by atoms with van der Waals surface area (Å²) in [5.74, 6) is 0.710. The van der Waals surface area contributed by atoms with Gasteiger partial charge in [0.25, 0.3) is 5.91 Å². The maximum atomic E-state index is 13.0. The first-order valence-corrected chi connectivity index (χ1v) is 10.3. The molecule has 1 amide bonds. The summed E-state index contributed by atoms with van der Waals surface area (Å²) in [7, 11) is 0. The molecule has 28 heavy (non-hydrogen) atoms. The third-order valence-corrected chi connectivity index (χ3v) is 5.84. The SMILES string of the molecule is Cc1cccnc1-c1ccc(C(=O)N2CCC[C@@H](CN3CCOCC3)C2)cc1. The minimum absolute atomic E-state index is 0.149. The third-order valence-electron chi connectivity index (χ3n) is 5.84. The van der Waals surface area contributed by atoms with Gasteiger partial charge in [0.15, 0.2) is 0 Å². The summed E-state index contributed by atoms with van der Waals surface area (Å²) in [5.41, 5.74) is 3.94. The smallest absolute Gasteiger partial charge is 0.253 e. The number of rotatable bonds is 4. The Labute approximate surface area is 167 Å². The van der Waals surface area contributed by atoms with Gasteiger partial charge in [0, 0.05) is 50.0 Å². The standard InChI is InChI=1S/C23H29N3O2/c1-18-4-2-10-24-22(18)20-6-8-21(9-7-20)23(27)26-11-3-5-19(17-26)16-25-12-14-28-15-13-25/h2,4,6-10,19H,3,5,11-17H2,1H3/t19-/m0/s1. The average Bonchev–Trinajstić information content (AvgIpc) is 2.75. The van der Waals surface area contributed by atoms with Crippen LogP contribution in [0.3, 0.4) is 0 Å². The Kier molecular flexibility index (Phi) is 6.03. The minimum atomic E-state index is 0.149. The van der Waals surface area contributed by atoms with Crippen LogP contribution in [0.15, 0.2) is 42.6 Å². The van der Waals surface area contributed by atoms with Crippen LogP contribution in [0.1, 0.15) is 28.8 Å². The maximum absolute atomic E-state index is 13.0. The van der Waals surface area contributed by atoms with Crippen LogP contribution in [0.5, 0.6) is 0 Å². The van der Waals surface area contributed by atoms with Gasteiger partial charge in [0.05, 0.1) is 18.9 Å². The first kappa shape index (κ1) is 19.1. The maximum Gasteiger partial charge on any atom is 0.253 e. The normalized spacial score (nSPS) is 20.9. The zero-order valence-corrected chi connectivity index (χ0v) is 16.6. The molecule has 1 aromatic carbocycles. The Morgan fingerprint density at radius 3 is 2.68 bits per heavy atom. The molecule has 3 heterocycles. The molecular weight excluding hydrogens is 350 g/mol. The first-order valence-electron chi connectivity index (χ1n) is 10.3. The van der Waals surface area contributed by atoms with E-state index in [-0.39, 0.29) is 5.91 Å². The van der Waals surface area contributed by atoms with Gasteiger partial charge >= 0.3 is 0 Å². The summed E-state index contributed by atoms with van der Waals surface area (Å²) in [5, 5.41) is 0. The Bertz CT molecular complexity index is 800. The number of amides is 1. The van der Waals surface area contributed by atoms with Gasteiger partial charge in [-0.2, -0.15) is 0 Å². The van der Waals surface area contributed by atoms with E-state index in [1.54, 1.807) is 0 Å². The molecule has 5 nitrogen and oxygen atoms in total. The molecule has 0 spiro atoms. The summed E-state index contributed by atoms with van der Waals surface area (Å²) in [4.78, 5) is 22.0. The van der Waals surface area contributed by atoms with Crippen molar-refractivity contribution in [1.29, 1.82) is 0 Å². The number of ether oxygens (including phenoxy) is 1. The van der Waals surface area contributed by atoms with Gasteiger partial charge in [-0.05, 0) is 49.4 Å². The second-order valence-corrected chi connectivity index (χ2v) is 7.92. The fourth-order valence-corrected chi connectivity index (χ4v) is 4.29. The summed E-state index contributed by atoms with van der Waals surface area (Å²) < 4.78 is 5.44. The van der Waals surface area contributed by atoms with Gasteiger partial charge < -0.3 is 9.64 Å². The van der Waals surface area contributed by atoms with Crippen LogP contribution < -0.4 is 0 Å². The zero-order chi connectivity index (χ0) is 19.3. The number of aryl methyl sites for hydroxylation is 1. The van der Waals surface area contributed by atoms with Crippen molar-refractivity contribution < 1.29 is 9.53 Å². The highest BCUT2D eigenvalue weighted by Crippen LogP contribution is 2.23. The quantitative estimate of drug-likeness (QED) is 0.818. The second-order valence-electron chi connectivity index (χ2n) is 7.92. The Morgan fingerprint density at radius 1 is 1.14 bits per heavy atom. The molecule has 0 saturated carbocycles. The molecular formula is C23H29N3O2. The number of nitrogens with zero attached hydrogens (tertiary/aromatic N) is 3. The lowest BCUT2D eigenvalue weighted by molar-refractivity contribution is 0.0224. The van der Waals surface area contributed by atoms with Gasteiger partial charge in [-0.3, -0.25) is 14.7 Å². The molecule has 0 N–H and O–H groups in total. The number of carbonyl (C=O) groups is 1. The van der Waals surface area contributed by atoms with E-state index in [0.29, 0.717) is 5.92 Å². The molecule has 0 aliphatic carbocycles. The fraction of sp³-hybridized carbons (Fsp3) is 0.478. The Balaban J connectivity index is 1.40. The van der Waals surface area contributed by atoms with Gasteiger partial charge in [-0.15, -0.1) is 0 Å². The van der Waals surface area contributed by atoms with Crippen molar-refractivity contribution >= 4 is 5.91 Å². The van der Waals surface area contributed by atoms with Crippen LogP contribution in [0, 0.1) is 12.8 Å². The number of aromatic nitrogens is 1. The molecule has 148 valence electrons. The highest BCUT2D eigenvalue weighted by molar-refractivity contribution is 5.94. The van der Waals surface area contributed by atoms with Crippen molar-refractivity contribution in [3.05, 3.63) is 53.7 Å². The fourth-order valence-electron chi connectivity index (χ4n) is 4.29. The minimum Gasteiger partial charge on any atom is -0.379 e. The molecule has 0 unspecified atom stereocenters. The van der Waals surface area contributed by atoms with Crippen molar-refractivity contribution in [1.82, 2.24) is 14.8 Å². The topological polar surface area (TPSA) is 45.7 Å². The van der Waals surface area contributed by atoms with Gasteiger partial charge in [0.1, 0.15) is 0 Å². The van der Waals surface area contributed by atoms with Crippen LogP contribution in [-0.2, 0) is 4.74 Å². The number of benzene rings is 1. The van der Waals surface area contributed by atoms with E-state index >= 15 is 0 Å². The Hall–Kier alpha value is -2.24. The second kappa shape index (κ2) is 8.84. The molecule has 2 fully saturated rings. The molecule has 1 atom stereocenters. The van der Waals surface area contributed by atoms with E-state index in [9.17, 15) is 4.79 Å². The molecule has 0 bridgehead atoms. The van der Waals surface area contributed by atoms with E-state index in [0.717, 1.165) is 74.7 Å². The van der Waals surface area contributed by atoms with Crippen LogP contribution in [0.4, 0.5) is 0 Å². The van der Waals surface area contributed by atoms with Gasteiger partial charge in [-0.25, -0.2) is 0 Å². The lowest BCUT2D eigenvalue weighted by atomic mass is 9.96. The lowest BCUT2D eigenvalue weighted by Gasteiger charge is -2.36. The Morgan fingerprint density at radius 2 is 1.93 bits per heavy atom. The van der Waals surface area contributed by atoms with Crippen LogP contribution in [-0.4, -0.2) is 66.6 Å². The van der Waals surface area contributed by atoms with Gasteiger partial charge in [-0.1, -0.05) is 18.2 Å². The molecule has 2 aromatic rings. The van der Waals surface area contributed by atoms with E-state index in [4.69, 9.17) is 4.74 Å². The average molecular weight is 380 g/mol. The molecule has 1 aromatic heterocycles. The van der Waals surface area contributed by atoms with Crippen molar-refractivity contribution in [3.63, 3.8) is 0 Å². The number of piperidine rings is 1. The molecule has 0 radical (unpaired) electrons. The van der Waals surface area contributed by atoms with Crippen molar-refractivity contribution in [2.24, 2.45) is 5.92 Å². The largest absolute Gasteiger partial charge is 0.379 e. The van der Waals surface area contributed by atoms with Crippen molar-refractivity contribution in [2.45, 2.75) is 19.8 Å². The van der Waals surface area contributed by atoms with Crippen molar-refractivity contribution in [3.8, 4) is 11.3 Å². The molecule has 2 aliphatic rings. The number of hydrogen-bond donors (Lipinski definition) is 0. The number of hydrogen-bond acceptors (Lipinski definition) is 4. The summed E-state index contributed by atoms with van der Waals surface area (Å²) in [6, 6.07) is 11.9. The number of likely N-dealkylation sites (tertiary alicyclic amines) is 1. The van der Waals surface area contributed by atoms with Gasteiger partial charge in [0.2, 0.25) is 0 Å². The van der Waals surface area contributed by atoms with E-state index in [2.05, 4.69) is 22.9 Å². The highest BCUT2D eigenvalue weighted by Gasteiger charge is 2.26. The zero-order valence-electron chi connectivity index (χ0n) is 16.6. The number of carbonyl (C=O) groups excluding carboxylic acids is 1. The lowest BCUT2D eigenvalue weighted by Crippen LogP contribution is -2.46. The predicted octanol–water partition coefficient (Wildman–Crippen LogP) is 3.24. The van der Waals surface area contributed by atoms with Crippen molar-refractivity contribution in [2.75, 3.05) is 45.9 Å². The third kappa shape index (κ3) is 4.42. The monoisotopic (exact) mass is 379 g/mol. The van der Waals surface area contributed by atoms with Crippen LogP contribution in [0.2, 0.25) is 0 Å². The summed E-state index contributed by atoms with van der Waals surface area (Å²) in [6.07, 6.45) is 4.11. The predicted molar refractivity (Wildman–Crippen MR) is 110 cm³/mol. The number of morpholine rings is 1. The van der Waals surface area contributed by atoms with E-state index < -0.39 is 0 Å². The molecule has 4 rings (SSSR count). The molecule has 5 heteroatoms. The molecule has 2 aliphatic heterocycles. The van der Waals surface area contributed by atoms with E-state index in [1.165, 1.54) is 6.42 Å².